The fourth-order valence-corrected chi connectivity index (χ4v) is 2.76. The molecule has 0 saturated heterocycles. The Morgan fingerprint density at radius 1 is 1.05 bits per heavy atom. The highest BCUT2D eigenvalue weighted by atomic mass is 35.7. The minimum atomic E-state index is -3.40. The zero-order chi connectivity index (χ0) is 15.9. The van der Waals surface area contributed by atoms with Crippen molar-refractivity contribution >= 4 is 19.7 Å². The van der Waals surface area contributed by atoms with Gasteiger partial charge in [-0.3, -0.25) is 0 Å². The summed E-state index contributed by atoms with van der Waals surface area (Å²) in [7, 11) is 4.90. The molecule has 21 heavy (non-hydrogen) atoms. The molecule has 5 nitrogen and oxygen atoms in total. The lowest BCUT2D eigenvalue weighted by Gasteiger charge is -2.15. The van der Waals surface area contributed by atoms with Gasteiger partial charge < -0.3 is 14.2 Å². The van der Waals surface area contributed by atoms with Crippen molar-refractivity contribution in [2.45, 2.75) is 26.2 Å². The Morgan fingerprint density at radius 2 is 1.62 bits per heavy atom. The van der Waals surface area contributed by atoms with Gasteiger partial charge in [0.15, 0.2) is 11.5 Å². The van der Waals surface area contributed by atoms with Gasteiger partial charge in [-0.2, -0.15) is 0 Å². The molecule has 0 aliphatic rings. The molecule has 0 fully saturated rings. The van der Waals surface area contributed by atoms with E-state index in [0.717, 1.165) is 18.4 Å². The molecule has 0 saturated carbocycles. The fourth-order valence-electron chi connectivity index (χ4n) is 1.88. The monoisotopic (exact) mass is 336 g/mol. The van der Waals surface area contributed by atoms with Crippen LogP contribution in [0.4, 0.5) is 0 Å². The molecule has 0 amide bonds. The second-order valence-corrected chi connectivity index (χ2v) is 7.55. The van der Waals surface area contributed by atoms with Crippen LogP contribution in [0.15, 0.2) is 12.1 Å². The highest BCUT2D eigenvalue weighted by Gasteiger charge is 2.12. The molecule has 1 rings (SSSR count). The van der Waals surface area contributed by atoms with Crippen LogP contribution in [0.1, 0.15) is 24.8 Å². The van der Waals surface area contributed by atoms with Crippen LogP contribution in [0.2, 0.25) is 0 Å². The standard InChI is InChI=1S/C14H21ClO5S/c1-11-9-12(18-2)14(13(10-11)19-3)20-7-5-4-6-8-21(15,16)17/h9-10H,4-8H2,1-3H3. The molecule has 0 N–H and O–H groups in total. The van der Waals surface area contributed by atoms with E-state index >= 15 is 0 Å². The molecule has 0 radical (unpaired) electrons. The summed E-state index contributed by atoms with van der Waals surface area (Å²) in [6.45, 7) is 2.40. The first-order valence-electron chi connectivity index (χ1n) is 6.65. The molecule has 1 aromatic carbocycles. The predicted molar refractivity (Wildman–Crippen MR) is 83.3 cm³/mol. The van der Waals surface area contributed by atoms with Crippen molar-refractivity contribution in [2.75, 3.05) is 26.6 Å². The highest BCUT2D eigenvalue weighted by Crippen LogP contribution is 2.38. The second kappa shape index (κ2) is 8.34. The molecule has 7 heteroatoms. The highest BCUT2D eigenvalue weighted by molar-refractivity contribution is 8.13. The van der Waals surface area contributed by atoms with Gasteiger partial charge in [0.25, 0.3) is 0 Å². The predicted octanol–water partition coefficient (Wildman–Crippen LogP) is 3.13. The lowest BCUT2D eigenvalue weighted by molar-refractivity contribution is 0.268. The van der Waals surface area contributed by atoms with Gasteiger partial charge in [-0.15, -0.1) is 0 Å². The van der Waals surface area contributed by atoms with E-state index in [4.69, 9.17) is 24.9 Å². The molecule has 0 spiro atoms. The number of aryl methyl sites for hydroxylation is 1. The number of benzene rings is 1. The van der Waals surface area contributed by atoms with Gasteiger partial charge in [-0.25, -0.2) is 8.42 Å². The number of unbranched alkanes of at least 4 members (excludes halogenated alkanes) is 2. The van der Waals surface area contributed by atoms with Gasteiger partial charge in [0.05, 0.1) is 26.6 Å². The van der Waals surface area contributed by atoms with E-state index in [1.165, 1.54) is 0 Å². The zero-order valence-corrected chi connectivity index (χ0v) is 14.1. The van der Waals surface area contributed by atoms with Crippen LogP contribution in [0.5, 0.6) is 17.2 Å². The summed E-state index contributed by atoms with van der Waals surface area (Å²) in [5, 5.41) is 0. The van der Waals surface area contributed by atoms with E-state index in [1.54, 1.807) is 14.2 Å². The van der Waals surface area contributed by atoms with Crippen LogP contribution in [-0.2, 0) is 9.05 Å². The fraction of sp³-hybridized carbons (Fsp3) is 0.571. The quantitative estimate of drug-likeness (QED) is 0.512. The first-order valence-corrected chi connectivity index (χ1v) is 9.13. The zero-order valence-electron chi connectivity index (χ0n) is 12.5. The SMILES string of the molecule is COc1cc(C)cc(OC)c1OCCCCCS(=O)(=O)Cl. The van der Waals surface area contributed by atoms with Crippen LogP contribution < -0.4 is 14.2 Å². The molecule has 0 heterocycles. The van der Waals surface area contributed by atoms with E-state index in [1.807, 2.05) is 19.1 Å². The maximum atomic E-state index is 10.8. The van der Waals surface area contributed by atoms with Gasteiger partial charge in [0.2, 0.25) is 14.8 Å². The molecule has 0 unspecified atom stereocenters. The molecular formula is C14H21ClO5S. The minimum Gasteiger partial charge on any atom is -0.493 e. The Kier molecular flexibility index (Phi) is 7.11. The number of hydrogen-bond donors (Lipinski definition) is 0. The van der Waals surface area contributed by atoms with E-state index in [0.29, 0.717) is 30.3 Å². The molecule has 0 atom stereocenters. The van der Waals surface area contributed by atoms with Crippen molar-refractivity contribution in [3.63, 3.8) is 0 Å². The number of methoxy groups -OCH3 is 2. The Morgan fingerprint density at radius 3 is 2.10 bits per heavy atom. The summed E-state index contributed by atoms with van der Waals surface area (Å²) in [5.41, 5.74) is 1.02. The van der Waals surface area contributed by atoms with Gasteiger partial charge in [0, 0.05) is 10.7 Å². The largest absolute Gasteiger partial charge is 0.493 e. The first kappa shape index (κ1) is 17.9. The summed E-state index contributed by atoms with van der Waals surface area (Å²) in [5.74, 6) is 1.80. The lowest BCUT2D eigenvalue weighted by Crippen LogP contribution is -2.03. The van der Waals surface area contributed by atoms with E-state index < -0.39 is 9.05 Å². The Bertz CT molecular complexity index is 531. The second-order valence-electron chi connectivity index (χ2n) is 4.65. The van der Waals surface area contributed by atoms with Gasteiger partial charge in [-0.1, -0.05) is 0 Å². The summed E-state index contributed by atoms with van der Waals surface area (Å²) >= 11 is 0. The normalized spacial score (nSPS) is 11.2. The maximum Gasteiger partial charge on any atom is 0.232 e. The van der Waals surface area contributed by atoms with Crippen molar-refractivity contribution in [1.29, 1.82) is 0 Å². The van der Waals surface area contributed by atoms with Crippen LogP contribution in [-0.4, -0.2) is 35.0 Å². The van der Waals surface area contributed by atoms with Crippen LogP contribution in [0.3, 0.4) is 0 Å². The van der Waals surface area contributed by atoms with Gasteiger partial charge in [-0.05, 0) is 43.9 Å². The van der Waals surface area contributed by atoms with Crippen molar-refractivity contribution in [3.05, 3.63) is 17.7 Å². The minimum absolute atomic E-state index is 0.00820. The van der Waals surface area contributed by atoms with Crippen molar-refractivity contribution in [3.8, 4) is 17.2 Å². The molecule has 1 aromatic rings. The molecule has 0 aliphatic heterocycles. The Balaban J connectivity index is 2.51. The molecule has 0 aliphatic carbocycles. The first-order chi connectivity index (χ1) is 9.87. The average molecular weight is 337 g/mol. The molecule has 0 aromatic heterocycles. The molecule has 120 valence electrons. The summed E-state index contributed by atoms with van der Waals surface area (Å²) in [6, 6.07) is 3.75. The average Bonchev–Trinajstić information content (AvgIpc) is 2.41. The number of hydrogen-bond acceptors (Lipinski definition) is 5. The summed E-state index contributed by atoms with van der Waals surface area (Å²) in [4.78, 5) is 0. The smallest absolute Gasteiger partial charge is 0.232 e. The van der Waals surface area contributed by atoms with Gasteiger partial charge in [0.1, 0.15) is 0 Å². The number of halogens is 1. The molecular weight excluding hydrogens is 316 g/mol. The molecule has 0 bridgehead atoms. The lowest BCUT2D eigenvalue weighted by atomic mass is 10.2. The van der Waals surface area contributed by atoms with Crippen molar-refractivity contribution < 1.29 is 22.6 Å². The summed E-state index contributed by atoms with van der Waals surface area (Å²) < 4.78 is 37.9. The van der Waals surface area contributed by atoms with Crippen LogP contribution in [0.25, 0.3) is 0 Å². The Hall–Kier alpha value is -1.14. The van der Waals surface area contributed by atoms with Crippen LogP contribution >= 0.6 is 10.7 Å². The van der Waals surface area contributed by atoms with E-state index in [-0.39, 0.29) is 5.75 Å². The number of ether oxygens (including phenoxy) is 3. The summed E-state index contributed by atoms with van der Waals surface area (Å²) in [6.07, 6.45) is 1.98. The van der Waals surface area contributed by atoms with Crippen molar-refractivity contribution in [2.24, 2.45) is 0 Å². The third-order valence-electron chi connectivity index (χ3n) is 2.88. The van der Waals surface area contributed by atoms with Crippen molar-refractivity contribution in [1.82, 2.24) is 0 Å². The third-order valence-corrected chi connectivity index (χ3v) is 4.12. The number of rotatable bonds is 9. The van der Waals surface area contributed by atoms with Crippen LogP contribution in [0, 0.1) is 6.92 Å². The van der Waals surface area contributed by atoms with Gasteiger partial charge >= 0.3 is 0 Å². The Labute approximate surface area is 130 Å². The van der Waals surface area contributed by atoms with E-state index in [2.05, 4.69) is 0 Å². The maximum absolute atomic E-state index is 10.8. The third kappa shape index (κ3) is 6.44. The van der Waals surface area contributed by atoms with E-state index in [9.17, 15) is 8.42 Å². The topological polar surface area (TPSA) is 61.8 Å².